The molecule has 0 unspecified atom stereocenters. The molecule has 0 saturated carbocycles. The Morgan fingerprint density at radius 3 is 1.62 bits per heavy atom. The van der Waals surface area contributed by atoms with Gasteiger partial charge in [0.25, 0.3) is 0 Å². The van der Waals surface area contributed by atoms with E-state index >= 15 is 0 Å². The van der Waals surface area contributed by atoms with E-state index in [1.807, 2.05) is 0 Å². The van der Waals surface area contributed by atoms with Crippen molar-refractivity contribution in [3.63, 3.8) is 0 Å². The average molecular weight is 659 g/mol. The molecule has 10 aromatic carbocycles. The second-order valence-electron chi connectivity index (χ2n) is 13.6. The molecule has 0 aromatic heterocycles. The molecule has 0 N–H and O–H groups in total. The second kappa shape index (κ2) is 12.5. The molecule has 0 heteroatoms. The summed E-state index contributed by atoms with van der Waals surface area (Å²) in [4.78, 5) is 0. The minimum atomic E-state index is 1.21. The van der Waals surface area contributed by atoms with Crippen LogP contribution in [-0.2, 0) is 0 Å². The third kappa shape index (κ3) is 5.08. The minimum absolute atomic E-state index is 1.21. The van der Waals surface area contributed by atoms with Crippen LogP contribution in [0, 0.1) is 0 Å². The molecular formula is C52H34. The molecule has 0 aliphatic carbocycles. The maximum atomic E-state index is 2.42. The number of hydrogen-bond acceptors (Lipinski definition) is 0. The van der Waals surface area contributed by atoms with Gasteiger partial charge in [-0.05, 0) is 117 Å². The summed E-state index contributed by atoms with van der Waals surface area (Å²) in [7, 11) is 0. The summed E-state index contributed by atoms with van der Waals surface area (Å²) in [6.07, 6.45) is 0. The molecule has 0 atom stereocenters. The summed E-state index contributed by atoms with van der Waals surface area (Å²) in [6, 6.07) is 75.7. The first-order chi connectivity index (χ1) is 25.8. The maximum Gasteiger partial charge on any atom is -0.00139 e. The molecule has 0 bridgehead atoms. The van der Waals surface area contributed by atoms with Crippen molar-refractivity contribution >= 4 is 43.1 Å². The lowest BCUT2D eigenvalue weighted by atomic mass is 9.81. The van der Waals surface area contributed by atoms with Gasteiger partial charge in [0, 0.05) is 0 Å². The highest BCUT2D eigenvalue weighted by Gasteiger charge is 2.22. The predicted octanol–water partition coefficient (Wildman–Crippen LogP) is 14.6. The van der Waals surface area contributed by atoms with E-state index in [9.17, 15) is 0 Å². The maximum absolute atomic E-state index is 2.42. The van der Waals surface area contributed by atoms with Crippen molar-refractivity contribution in [2.45, 2.75) is 0 Å². The lowest BCUT2D eigenvalue weighted by Gasteiger charge is -2.22. The van der Waals surface area contributed by atoms with Gasteiger partial charge in [0.15, 0.2) is 0 Å². The quantitative estimate of drug-likeness (QED) is 0.161. The molecule has 0 aliphatic rings. The Morgan fingerprint density at radius 1 is 0.212 bits per heavy atom. The molecule has 0 amide bonds. The van der Waals surface area contributed by atoms with E-state index in [-0.39, 0.29) is 0 Å². The Bertz CT molecular complexity index is 2930. The van der Waals surface area contributed by atoms with Crippen LogP contribution in [0.25, 0.3) is 98.7 Å². The van der Waals surface area contributed by atoms with E-state index < -0.39 is 0 Å². The van der Waals surface area contributed by atoms with E-state index in [1.54, 1.807) is 0 Å². The molecule has 10 rings (SSSR count). The van der Waals surface area contributed by atoms with Gasteiger partial charge < -0.3 is 0 Å². The van der Waals surface area contributed by atoms with Crippen molar-refractivity contribution in [2.75, 3.05) is 0 Å². The Kier molecular flexibility index (Phi) is 7.25. The summed E-state index contributed by atoms with van der Waals surface area (Å²) < 4.78 is 0. The van der Waals surface area contributed by atoms with Crippen LogP contribution in [0.2, 0.25) is 0 Å². The lowest BCUT2D eigenvalue weighted by Crippen LogP contribution is -1.95. The highest BCUT2D eigenvalue weighted by Crippen LogP contribution is 2.49. The zero-order valence-corrected chi connectivity index (χ0v) is 28.6. The molecule has 10 aromatic rings. The highest BCUT2D eigenvalue weighted by molar-refractivity contribution is 6.27. The largest absolute Gasteiger partial charge is 0.0622 e. The van der Waals surface area contributed by atoms with Gasteiger partial charge in [0.1, 0.15) is 0 Å². The third-order valence-corrected chi connectivity index (χ3v) is 10.6. The number of hydrogen-bond donors (Lipinski definition) is 0. The number of benzene rings is 10. The van der Waals surface area contributed by atoms with Crippen LogP contribution in [0.3, 0.4) is 0 Å². The lowest BCUT2D eigenvalue weighted by molar-refractivity contribution is 1.61. The highest BCUT2D eigenvalue weighted by atomic mass is 14.2. The van der Waals surface area contributed by atoms with Crippen LogP contribution in [-0.4, -0.2) is 0 Å². The van der Waals surface area contributed by atoms with Crippen molar-refractivity contribution in [1.82, 2.24) is 0 Å². The van der Waals surface area contributed by atoms with Gasteiger partial charge in [-0.2, -0.15) is 0 Å². The zero-order valence-electron chi connectivity index (χ0n) is 28.6. The normalized spacial score (nSPS) is 11.5. The van der Waals surface area contributed by atoms with E-state index in [4.69, 9.17) is 0 Å². The van der Waals surface area contributed by atoms with E-state index in [0.717, 1.165) is 0 Å². The van der Waals surface area contributed by atoms with E-state index in [1.165, 1.54) is 98.7 Å². The van der Waals surface area contributed by atoms with Crippen molar-refractivity contribution in [1.29, 1.82) is 0 Å². The molecule has 0 heterocycles. The van der Waals surface area contributed by atoms with Gasteiger partial charge in [0.05, 0.1) is 0 Å². The number of rotatable bonds is 5. The molecular weight excluding hydrogens is 625 g/mol. The summed E-state index contributed by atoms with van der Waals surface area (Å²) >= 11 is 0. The standard InChI is InChI=1S/C52H34/c1-3-14-35(15-4-1)42-30-31-47-49(34-42)50(43-23-11-22-40(33-43)41-29-28-36-16-7-8-20-39(36)32-41)48-27-13-25-45(38-17-5-2-6-18-38)51(48)52(47)46-26-12-21-37-19-9-10-24-44(37)46/h1-34H. The van der Waals surface area contributed by atoms with Gasteiger partial charge in [-0.15, -0.1) is 0 Å². The number of fused-ring (bicyclic) bond motifs is 4. The average Bonchev–Trinajstić information content (AvgIpc) is 3.22. The van der Waals surface area contributed by atoms with Gasteiger partial charge in [0.2, 0.25) is 0 Å². The summed E-state index contributed by atoms with van der Waals surface area (Å²) in [5.41, 5.74) is 12.3. The van der Waals surface area contributed by atoms with Crippen molar-refractivity contribution in [3.05, 3.63) is 206 Å². The van der Waals surface area contributed by atoms with Gasteiger partial charge in [-0.25, -0.2) is 0 Å². The van der Waals surface area contributed by atoms with E-state index in [0.29, 0.717) is 0 Å². The third-order valence-electron chi connectivity index (χ3n) is 10.6. The van der Waals surface area contributed by atoms with Gasteiger partial charge in [-0.3, -0.25) is 0 Å². The summed E-state index contributed by atoms with van der Waals surface area (Å²) in [5, 5.41) is 10.0. The summed E-state index contributed by atoms with van der Waals surface area (Å²) in [5.74, 6) is 0. The second-order valence-corrected chi connectivity index (χ2v) is 13.6. The van der Waals surface area contributed by atoms with Gasteiger partial charge in [-0.1, -0.05) is 188 Å². The molecule has 0 fully saturated rings. The molecule has 0 aliphatic heterocycles. The van der Waals surface area contributed by atoms with Crippen molar-refractivity contribution in [3.8, 4) is 55.6 Å². The first kappa shape index (κ1) is 30.1. The van der Waals surface area contributed by atoms with Crippen LogP contribution in [0.15, 0.2) is 206 Å². The molecule has 0 radical (unpaired) electrons. The smallest absolute Gasteiger partial charge is 0.00139 e. The predicted molar refractivity (Wildman–Crippen MR) is 224 cm³/mol. The fraction of sp³-hybridized carbons (Fsp3) is 0. The molecule has 0 nitrogen and oxygen atoms in total. The molecule has 0 saturated heterocycles. The molecule has 242 valence electrons. The van der Waals surface area contributed by atoms with Crippen LogP contribution >= 0.6 is 0 Å². The summed E-state index contributed by atoms with van der Waals surface area (Å²) in [6.45, 7) is 0. The molecule has 52 heavy (non-hydrogen) atoms. The first-order valence-corrected chi connectivity index (χ1v) is 18.0. The topological polar surface area (TPSA) is 0 Å². The first-order valence-electron chi connectivity index (χ1n) is 18.0. The van der Waals surface area contributed by atoms with Crippen LogP contribution in [0.4, 0.5) is 0 Å². The van der Waals surface area contributed by atoms with E-state index in [2.05, 4.69) is 206 Å². The fourth-order valence-electron chi connectivity index (χ4n) is 8.20. The monoisotopic (exact) mass is 658 g/mol. The Labute approximate surface area is 303 Å². The van der Waals surface area contributed by atoms with Crippen LogP contribution in [0.5, 0.6) is 0 Å². The minimum Gasteiger partial charge on any atom is -0.0622 e. The van der Waals surface area contributed by atoms with Crippen molar-refractivity contribution in [2.24, 2.45) is 0 Å². The van der Waals surface area contributed by atoms with Crippen LogP contribution < -0.4 is 0 Å². The van der Waals surface area contributed by atoms with Gasteiger partial charge >= 0.3 is 0 Å². The molecule has 0 spiro atoms. The zero-order chi connectivity index (χ0) is 34.4. The fourth-order valence-corrected chi connectivity index (χ4v) is 8.20. The van der Waals surface area contributed by atoms with Crippen LogP contribution in [0.1, 0.15) is 0 Å². The SMILES string of the molecule is c1ccc(-c2ccc3c(-c4cccc5ccccc45)c4c(-c5ccccc5)cccc4c(-c4cccc(-c5ccc6ccccc6c5)c4)c3c2)cc1. The Hall–Kier alpha value is -6.76. The Balaban J connectivity index is 1.35. The Morgan fingerprint density at radius 2 is 0.769 bits per heavy atom. The van der Waals surface area contributed by atoms with Crippen molar-refractivity contribution < 1.29 is 0 Å².